The fourth-order valence-electron chi connectivity index (χ4n) is 3.79. The second-order valence-electron chi connectivity index (χ2n) is 7.40. The highest BCUT2D eigenvalue weighted by atomic mass is 16.1. The first-order chi connectivity index (χ1) is 15.3. The van der Waals surface area contributed by atoms with Crippen LogP contribution in [-0.4, -0.2) is 53.9 Å². The summed E-state index contributed by atoms with van der Waals surface area (Å²) in [6.07, 6.45) is 8.02. The lowest BCUT2D eigenvalue weighted by Gasteiger charge is -2.32. The maximum Gasteiger partial charge on any atom is 0.229 e. The number of hydrogen-bond donors (Lipinski definition) is 2. The molecular formula is C21H21N9O. The number of nitrogens with one attached hydrogen (secondary N) is 2. The molecule has 1 aromatic carbocycles. The summed E-state index contributed by atoms with van der Waals surface area (Å²) in [5.41, 5.74) is 2.65. The van der Waals surface area contributed by atoms with Crippen molar-refractivity contribution in [3.63, 3.8) is 0 Å². The van der Waals surface area contributed by atoms with E-state index in [0.717, 1.165) is 42.1 Å². The molecule has 1 aliphatic rings. The molecule has 1 unspecified atom stereocenters. The van der Waals surface area contributed by atoms with Crippen molar-refractivity contribution in [1.82, 2.24) is 34.9 Å². The van der Waals surface area contributed by atoms with E-state index < -0.39 is 0 Å². The Morgan fingerprint density at radius 3 is 2.90 bits per heavy atom. The second-order valence-corrected chi connectivity index (χ2v) is 7.40. The summed E-state index contributed by atoms with van der Waals surface area (Å²) < 4.78 is 1.59. The van der Waals surface area contributed by atoms with Crippen LogP contribution in [0.5, 0.6) is 0 Å². The SMILES string of the molecule is O=C(Nc1cccc(-c2ccn[nH]2)c1)C1CCCN(c2cc(-n3cncn3)ncn2)C1. The topological polar surface area (TPSA) is 118 Å². The number of benzene rings is 1. The summed E-state index contributed by atoms with van der Waals surface area (Å²) in [5.74, 6) is 1.30. The van der Waals surface area contributed by atoms with Crippen molar-refractivity contribution in [2.45, 2.75) is 12.8 Å². The van der Waals surface area contributed by atoms with Crippen LogP contribution in [0.2, 0.25) is 0 Å². The molecule has 3 aromatic heterocycles. The number of hydrogen-bond acceptors (Lipinski definition) is 7. The lowest BCUT2D eigenvalue weighted by molar-refractivity contribution is -0.120. The van der Waals surface area contributed by atoms with Gasteiger partial charge in [0, 0.05) is 36.6 Å². The van der Waals surface area contributed by atoms with Crippen LogP contribution >= 0.6 is 0 Å². The number of anilines is 2. The van der Waals surface area contributed by atoms with Crippen molar-refractivity contribution in [2.75, 3.05) is 23.3 Å². The summed E-state index contributed by atoms with van der Waals surface area (Å²) in [4.78, 5) is 27.7. The maximum absolute atomic E-state index is 13.0. The van der Waals surface area contributed by atoms with Gasteiger partial charge in [-0.1, -0.05) is 12.1 Å². The fourth-order valence-corrected chi connectivity index (χ4v) is 3.79. The molecule has 1 saturated heterocycles. The van der Waals surface area contributed by atoms with E-state index >= 15 is 0 Å². The Balaban J connectivity index is 1.28. The molecular weight excluding hydrogens is 394 g/mol. The van der Waals surface area contributed by atoms with E-state index in [9.17, 15) is 4.79 Å². The van der Waals surface area contributed by atoms with E-state index in [2.05, 4.69) is 40.5 Å². The highest BCUT2D eigenvalue weighted by molar-refractivity contribution is 5.93. The van der Waals surface area contributed by atoms with E-state index in [1.807, 2.05) is 36.4 Å². The smallest absolute Gasteiger partial charge is 0.229 e. The number of rotatable bonds is 5. The predicted molar refractivity (Wildman–Crippen MR) is 115 cm³/mol. The molecule has 5 rings (SSSR count). The second kappa shape index (κ2) is 8.34. The standard InChI is InChI=1S/C21H21N9O/c31-21(27-17-5-1-3-15(9-17)18-6-7-25-28-18)16-4-2-8-29(11-16)19-10-20(24-13-23-19)30-14-22-12-26-30/h1,3,5-7,9-10,12-14,16H,2,4,8,11H2,(H,25,28)(H,27,31). The molecule has 1 amide bonds. The Morgan fingerprint density at radius 1 is 1.13 bits per heavy atom. The van der Waals surface area contributed by atoms with Gasteiger partial charge in [0.2, 0.25) is 5.91 Å². The lowest BCUT2D eigenvalue weighted by atomic mass is 9.97. The molecule has 0 bridgehead atoms. The third-order valence-corrected chi connectivity index (χ3v) is 5.35. The van der Waals surface area contributed by atoms with E-state index in [-0.39, 0.29) is 11.8 Å². The van der Waals surface area contributed by atoms with Gasteiger partial charge in [-0.25, -0.2) is 19.6 Å². The molecule has 1 atom stereocenters. The molecule has 10 heteroatoms. The third-order valence-electron chi connectivity index (χ3n) is 5.35. The summed E-state index contributed by atoms with van der Waals surface area (Å²) >= 11 is 0. The number of nitrogens with zero attached hydrogens (tertiary/aromatic N) is 7. The molecule has 10 nitrogen and oxygen atoms in total. The summed E-state index contributed by atoms with van der Waals surface area (Å²) in [5, 5.41) is 14.1. The molecule has 31 heavy (non-hydrogen) atoms. The zero-order chi connectivity index (χ0) is 21.0. The quantitative estimate of drug-likeness (QED) is 0.513. The van der Waals surface area contributed by atoms with Crippen molar-refractivity contribution in [1.29, 1.82) is 0 Å². The molecule has 0 saturated carbocycles. The molecule has 1 aliphatic heterocycles. The van der Waals surface area contributed by atoms with Crippen LogP contribution in [0.25, 0.3) is 17.1 Å². The minimum atomic E-state index is -0.130. The number of carbonyl (C=O) groups excluding carboxylic acids is 1. The zero-order valence-corrected chi connectivity index (χ0v) is 16.7. The molecule has 4 heterocycles. The number of carbonyl (C=O) groups is 1. The van der Waals surface area contributed by atoms with Gasteiger partial charge in [-0.15, -0.1) is 0 Å². The van der Waals surface area contributed by atoms with Crippen LogP contribution in [0.15, 0.2) is 61.6 Å². The largest absolute Gasteiger partial charge is 0.356 e. The van der Waals surface area contributed by atoms with Gasteiger partial charge >= 0.3 is 0 Å². The number of amides is 1. The van der Waals surface area contributed by atoms with Gasteiger partial charge in [-0.3, -0.25) is 9.89 Å². The monoisotopic (exact) mass is 415 g/mol. The van der Waals surface area contributed by atoms with Crippen LogP contribution in [0.1, 0.15) is 12.8 Å². The Kier molecular flexibility index (Phi) is 5.09. The lowest BCUT2D eigenvalue weighted by Crippen LogP contribution is -2.41. The molecule has 0 aliphatic carbocycles. The minimum absolute atomic E-state index is 0.0111. The Bertz CT molecular complexity index is 1160. The molecule has 0 radical (unpaired) electrons. The van der Waals surface area contributed by atoms with E-state index in [0.29, 0.717) is 12.4 Å². The molecule has 1 fully saturated rings. The average molecular weight is 415 g/mol. The highest BCUT2D eigenvalue weighted by Crippen LogP contribution is 2.25. The van der Waals surface area contributed by atoms with E-state index in [1.165, 1.54) is 12.7 Å². The predicted octanol–water partition coefficient (Wildman–Crippen LogP) is 2.30. The first-order valence-corrected chi connectivity index (χ1v) is 10.1. The highest BCUT2D eigenvalue weighted by Gasteiger charge is 2.27. The number of aromatic amines is 1. The summed E-state index contributed by atoms with van der Waals surface area (Å²) in [6.45, 7) is 1.44. The minimum Gasteiger partial charge on any atom is -0.356 e. The molecule has 4 aromatic rings. The Hall–Kier alpha value is -4.08. The van der Waals surface area contributed by atoms with Crippen LogP contribution in [0, 0.1) is 5.92 Å². The number of H-pyrrole nitrogens is 1. The molecule has 156 valence electrons. The van der Waals surface area contributed by atoms with Gasteiger partial charge in [0.1, 0.15) is 24.8 Å². The normalized spacial score (nSPS) is 16.3. The van der Waals surface area contributed by atoms with Crippen molar-refractivity contribution >= 4 is 17.4 Å². The van der Waals surface area contributed by atoms with E-state index in [4.69, 9.17) is 0 Å². The van der Waals surface area contributed by atoms with Crippen molar-refractivity contribution in [3.8, 4) is 17.1 Å². The van der Waals surface area contributed by atoms with Crippen molar-refractivity contribution < 1.29 is 4.79 Å². The molecule has 2 N–H and O–H groups in total. The zero-order valence-electron chi connectivity index (χ0n) is 16.7. The Morgan fingerprint density at radius 2 is 2.06 bits per heavy atom. The van der Waals surface area contributed by atoms with Gasteiger partial charge in [0.25, 0.3) is 0 Å². The van der Waals surface area contributed by atoms with Gasteiger partial charge in [0.05, 0.1) is 11.6 Å². The summed E-state index contributed by atoms with van der Waals surface area (Å²) in [7, 11) is 0. The Labute approximate surface area is 178 Å². The summed E-state index contributed by atoms with van der Waals surface area (Å²) in [6, 6.07) is 11.5. The van der Waals surface area contributed by atoms with Crippen molar-refractivity contribution in [2.24, 2.45) is 5.92 Å². The first kappa shape index (κ1) is 18.9. The van der Waals surface area contributed by atoms with Crippen LogP contribution in [0.3, 0.4) is 0 Å². The van der Waals surface area contributed by atoms with Crippen LogP contribution < -0.4 is 10.2 Å². The van der Waals surface area contributed by atoms with Crippen LogP contribution in [-0.2, 0) is 4.79 Å². The van der Waals surface area contributed by atoms with Gasteiger partial charge in [-0.2, -0.15) is 10.2 Å². The fraction of sp³-hybridized carbons (Fsp3) is 0.238. The van der Waals surface area contributed by atoms with Crippen LogP contribution in [0.4, 0.5) is 11.5 Å². The maximum atomic E-state index is 13.0. The van der Waals surface area contributed by atoms with Crippen molar-refractivity contribution in [3.05, 3.63) is 61.6 Å². The van der Waals surface area contributed by atoms with Gasteiger partial charge < -0.3 is 10.2 Å². The third kappa shape index (κ3) is 4.13. The number of aromatic nitrogens is 7. The molecule has 0 spiro atoms. The van der Waals surface area contributed by atoms with Gasteiger partial charge in [0.15, 0.2) is 5.82 Å². The van der Waals surface area contributed by atoms with Gasteiger partial charge in [-0.05, 0) is 31.0 Å². The number of piperidine rings is 1. The average Bonchev–Trinajstić information content (AvgIpc) is 3.54. The first-order valence-electron chi connectivity index (χ1n) is 10.1. The van der Waals surface area contributed by atoms with E-state index in [1.54, 1.807) is 17.2 Å².